The number of aromatic hydroxyl groups is 2. The first-order valence-electron chi connectivity index (χ1n) is 10.4. The molecule has 33 heavy (non-hydrogen) atoms. The van der Waals surface area contributed by atoms with Gasteiger partial charge < -0.3 is 25.5 Å². The first kappa shape index (κ1) is 23.6. The van der Waals surface area contributed by atoms with Crippen LogP contribution in [0.1, 0.15) is 23.1 Å². The van der Waals surface area contributed by atoms with Crippen LogP contribution in [0.4, 0.5) is 0 Å². The highest BCUT2D eigenvalue weighted by Gasteiger charge is 2.20. The van der Waals surface area contributed by atoms with E-state index in [9.17, 15) is 24.9 Å². The van der Waals surface area contributed by atoms with Crippen LogP contribution >= 0.6 is 0 Å². The number of aryl methyl sites for hydroxylation is 1. The number of hydrogen-bond donors (Lipinski definition) is 4. The van der Waals surface area contributed by atoms with E-state index in [0.29, 0.717) is 29.9 Å². The fourth-order valence-electron chi connectivity index (χ4n) is 3.11. The second-order valence-corrected chi connectivity index (χ2v) is 7.46. The van der Waals surface area contributed by atoms with Gasteiger partial charge in [0.25, 0.3) is 0 Å². The Morgan fingerprint density at radius 3 is 2.21 bits per heavy atom. The molecule has 0 saturated carbocycles. The van der Waals surface area contributed by atoms with Gasteiger partial charge in [-0.3, -0.25) is 4.79 Å². The average Bonchev–Trinajstić information content (AvgIpc) is 2.81. The minimum Gasteiger partial charge on any atom is -0.504 e. The van der Waals surface area contributed by atoms with Crippen molar-refractivity contribution in [3.05, 3.63) is 89.5 Å². The molecule has 172 valence electrons. The van der Waals surface area contributed by atoms with Gasteiger partial charge in [0.1, 0.15) is 12.6 Å². The summed E-state index contributed by atoms with van der Waals surface area (Å²) in [4.78, 5) is 34.3. The van der Waals surface area contributed by atoms with Crippen molar-refractivity contribution >= 4 is 11.9 Å². The van der Waals surface area contributed by atoms with Crippen molar-refractivity contribution < 1.29 is 34.7 Å². The lowest BCUT2D eigenvalue weighted by atomic mass is 10.0. The molecule has 0 saturated heterocycles. The van der Waals surface area contributed by atoms with E-state index in [-0.39, 0.29) is 24.3 Å². The topological polar surface area (TPSA) is 125 Å². The number of amides is 1. The summed E-state index contributed by atoms with van der Waals surface area (Å²) in [5, 5.41) is 30.9. The number of carbonyl (C=O) groups is 2. The Labute approximate surface area is 191 Å². The fraction of sp³-hybridized carbons (Fsp3) is 0.200. The van der Waals surface area contributed by atoms with Gasteiger partial charge in [0.2, 0.25) is 5.91 Å². The quantitative estimate of drug-likeness (QED) is 0.200. The minimum absolute atomic E-state index is 0.0412. The zero-order valence-corrected chi connectivity index (χ0v) is 17.8. The highest BCUT2D eigenvalue weighted by molar-refractivity contribution is 5.83. The first-order valence-corrected chi connectivity index (χ1v) is 10.4. The Morgan fingerprint density at radius 1 is 0.848 bits per heavy atom. The number of nitrogens with one attached hydrogen (secondary N) is 1. The van der Waals surface area contributed by atoms with E-state index >= 15 is 0 Å². The van der Waals surface area contributed by atoms with E-state index < -0.39 is 17.9 Å². The van der Waals surface area contributed by atoms with Gasteiger partial charge in [-0.05, 0) is 47.4 Å². The molecule has 1 amide bonds. The van der Waals surface area contributed by atoms with Crippen LogP contribution in [0, 0.1) is 0 Å². The van der Waals surface area contributed by atoms with Gasteiger partial charge in [-0.25, -0.2) is 4.79 Å². The van der Waals surface area contributed by atoms with Gasteiger partial charge in [0, 0.05) is 12.8 Å². The molecule has 0 radical (unpaired) electrons. The Kier molecular flexibility index (Phi) is 8.26. The third kappa shape index (κ3) is 7.55. The van der Waals surface area contributed by atoms with Crippen molar-refractivity contribution in [3.63, 3.8) is 0 Å². The summed E-state index contributed by atoms with van der Waals surface area (Å²) < 4.78 is 0. The molecule has 0 aliphatic carbocycles. The predicted molar refractivity (Wildman–Crippen MR) is 120 cm³/mol. The van der Waals surface area contributed by atoms with Crippen molar-refractivity contribution in [1.82, 2.24) is 5.32 Å². The van der Waals surface area contributed by atoms with Gasteiger partial charge in [-0.1, -0.05) is 48.5 Å². The normalized spacial score (nSPS) is 11.5. The third-order valence-electron chi connectivity index (χ3n) is 4.90. The second-order valence-electron chi connectivity index (χ2n) is 7.46. The molecule has 8 heteroatoms. The molecule has 0 aliphatic rings. The average molecular weight is 451 g/mol. The maximum atomic E-state index is 12.2. The summed E-state index contributed by atoms with van der Waals surface area (Å²) in [5.74, 6) is -1.60. The number of carboxylic acid groups (broad SMARTS) is 1. The SMILES string of the molecule is O=C(CCc1ccc(O)c(O)c1)N[C@@H](Cc1ccc(OOCc2ccccc2)cc1)C(=O)O. The smallest absolute Gasteiger partial charge is 0.326 e. The molecule has 0 fully saturated rings. The van der Waals surface area contributed by atoms with E-state index in [1.54, 1.807) is 30.3 Å². The number of carboxylic acids is 1. The van der Waals surface area contributed by atoms with E-state index in [0.717, 1.165) is 5.56 Å². The molecule has 0 heterocycles. The summed E-state index contributed by atoms with van der Waals surface area (Å²) in [6.45, 7) is 0.291. The lowest BCUT2D eigenvalue weighted by Crippen LogP contribution is -2.42. The minimum atomic E-state index is -1.14. The summed E-state index contributed by atoms with van der Waals surface area (Å²) >= 11 is 0. The Balaban J connectivity index is 1.47. The highest BCUT2D eigenvalue weighted by atomic mass is 17.2. The summed E-state index contributed by atoms with van der Waals surface area (Å²) in [6, 6.07) is 19.5. The molecule has 1 atom stereocenters. The molecule has 3 aromatic carbocycles. The lowest BCUT2D eigenvalue weighted by molar-refractivity contribution is -0.217. The third-order valence-corrected chi connectivity index (χ3v) is 4.90. The largest absolute Gasteiger partial charge is 0.504 e. The van der Waals surface area contributed by atoms with Gasteiger partial charge in [-0.15, -0.1) is 0 Å². The number of benzene rings is 3. The highest BCUT2D eigenvalue weighted by Crippen LogP contribution is 2.25. The Bertz CT molecular complexity index is 1070. The van der Waals surface area contributed by atoms with Crippen LogP contribution in [-0.4, -0.2) is 33.2 Å². The van der Waals surface area contributed by atoms with Gasteiger partial charge in [0.05, 0.1) is 0 Å². The van der Waals surface area contributed by atoms with E-state index in [1.165, 1.54) is 12.1 Å². The number of aliphatic carboxylic acids is 1. The maximum absolute atomic E-state index is 12.2. The molecular formula is C25H25NO7. The molecule has 0 aliphatic heterocycles. The molecule has 8 nitrogen and oxygen atoms in total. The number of phenolic OH excluding ortho intramolecular Hbond substituents is 2. The van der Waals surface area contributed by atoms with E-state index in [4.69, 9.17) is 9.78 Å². The van der Waals surface area contributed by atoms with E-state index in [1.807, 2.05) is 30.3 Å². The van der Waals surface area contributed by atoms with Crippen molar-refractivity contribution in [2.75, 3.05) is 0 Å². The molecule has 4 N–H and O–H groups in total. The summed E-state index contributed by atoms with van der Waals surface area (Å²) in [5.41, 5.74) is 2.33. The zero-order valence-electron chi connectivity index (χ0n) is 17.8. The van der Waals surface area contributed by atoms with Crippen molar-refractivity contribution in [2.45, 2.75) is 31.9 Å². The number of phenols is 2. The van der Waals surface area contributed by atoms with Crippen molar-refractivity contribution in [1.29, 1.82) is 0 Å². The van der Waals surface area contributed by atoms with Crippen LogP contribution < -0.4 is 10.2 Å². The molecular weight excluding hydrogens is 426 g/mol. The molecule has 3 aromatic rings. The van der Waals surface area contributed by atoms with Gasteiger partial charge in [-0.2, -0.15) is 4.89 Å². The first-order chi connectivity index (χ1) is 15.9. The molecule has 0 unspecified atom stereocenters. The van der Waals surface area contributed by atoms with E-state index in [2.05, 4.69) is 5.32 Å². The van der Waals surface area contributed by atoms with Crippen molar-refractivity contribution in [2.24, 2.45) is 0 Å². The number of rotatable bonds is 11. The summed E-state index contributed by atoms with van der Waals surface area (Å²) in [7, 11) is 0. The van der Waals surface area contributed by atoms with Crippen LogP contribution in [0.3, 0.4) is 0 Å². The summed E-state index contributed by atoms with van der Waals surface area (Å²) in [6.07, 6.45) is 0.437. The standard InChI is InChI=1S/C25H25NO7/c27-22-12-8-18(15-23(22)28)9-13-24(29)26-21(25(30)31)14-17-6-10-20(11-7-17)33-32-16-19-4-2-1-3-5-19/h1-8,10-12,15,21,27-28H,9,13-14,16H2,(H,26,29)(H,30,31)/t21-/m0/s1. The Morgan fingerprint density at radius 2 is 1.55 bits per heavy atom. The van der Waals surface area contributed by atoms with Crippen molar-refractivity contribution in [3.8, 4) is 17.2 Å². The van der Waals surface area contributed by atoms with Crippen LogP contribution in [0.15, 0.2) is 72.8 Å². The predicted octanol–water partition coefficient (Wildman–Crippen LogP) is 3.35. The molecule has 3 rings (SSSR count). The van der Waals surface area contributed by atoms with Crippen LogP contribution in [0.5, 0.6) is 17.2 Å². The maximum Gasteiger partial charge on any atom is 0.326 e. The Hall–Kier alpha value is -4.04. The van der Waals surface area contributed by atoms with Gasteiger partial charge in [0.15, 0.2) is 17.2 Å². The number of carbonyl (C=O) groups excluding carboxylic acids is 1. The van der Waals surface area contributed by atoms with Crippen LogP contribution in [0.25, 0.3) is 0 Å². The van der Waals surface area contributed by atoms with Crippen LogP contribution in [0.2, 0.25) is 0 Å². The number of hydrogen-bond acceptors (Lipinski definition) is 6. The lowest BCUT2D eigenvalue weighted by Gasteiger charge is -2.15. The molecule has 0 bridgehead atoms. The zero-order chi connectivity index (χ0) is 23.6. The molecule has 0 spiro atoms. The van der Waals surface area contributed by atoms with Gasteiger partial charge >= 0.3 is 5.97 Å². The monoisotopic (exact) mass is 451 g/mol. The second kappa shape index (κ2) is 11.5. The fourth-order valence-corrected chi connectivity index (χ4v) is 3.11. The van der Waals surface area contributed by atoms with Crippen LogP contribution in [-0.2, 0) is 33.9 Å². The molecule has 0 aromatic heterocycles.